The zero-order valence-electron chi connectivity index (χ0n) is 18.5. The molecule has 0 aliphatic heterocycles. The van der Waals surface area contributed by atoms with Gasteiger partial charge in [0.1, 0.15) is 5.36 Å². The molecule has 0 aliphatic rings. The molecule has 0 unspecified atom stereocenters. The minimum atomic E-state index is -5.76. The third-order valence-electron chi connectivity index (χ3n) is 5.22. The van der Waals surface area contributed by atoms with E-state index in [2.05, 4.69) is 4.99 Å². The van der Waals surface area contributed by atoms with Crippen molar-refractivity contribution >= 4 is 33.7 Å². The fourth-order valence-electron chi connectivity index (χ4n) is 3.33. The molecule has 2 amide bonds. The average molecular weight is 497 g/mol. The number of ether oxygens (including phenoxy) is 1. The zero-order valence-corrected chi connectivity index (χ0v) is 18.5. The van der Waals surface area contributed by atoms with Gasteiger partial charge in [-0.1, -0.05) is 42.5 Å². The number of aromatic nitrogens is 1. The molecule has 7 nitrogen and oxygen atoms in total. The zero-order chi connectivity index (χ0) is 26.0. The predicted octanol–water partition coefficient (Wildman–Crippen LogP) is 3.82. The lowest BCUT2D eigenvalue weighted by molar-refractivity contribution is -0.283. The molecule has 0 saturated carbocycles. The molecule has 186 valence electrons. The second-order valence-corrected chi connectivity index (χ2v) is 7.65. The molecule has 1 N–H and O–H groups in total. The van der Waals surface area contributed by atoms with Crippen molar-refractivity contribution in [2.45, 2.75) is 31.5 Å². The van der Waals surface area contributed by atoms with Gasteiger partial charge in [0.05, 0.1) is 5.52 Å². The van der Waals surface area contributed by atoms with E-state index >= 15 is 0 Å². The summed E-state index contributed by atoms with van der Waals surface area (Å²) in [7, 11) is 1.51. The molecule has 1 heterocycles. The van der Waals surface area contributed by atoms with Crippen molar-refractivity contribution in [1.82, 2.24) is 9.88 Å². The molecule has 35 heavy (non-hydrogen) atoms. The first-order valence-electron chi connectivity index (χ1n) is 10.3. The van der Waals surface area contributed by atoms with Crippen molar-refractivity contribution in [2.24, 2.45) is 12.0 Å². The number of carbonyl (C=O) groups excluding carboxylic acids is 2. The summed E-state index contributed by atoms with van der Waals surface area (Å²) in [5.41, 5.74) is -0.0104. The minimum absolute atomic E-state index is 0.204. The van der Waals surface area contributed by atoms with Gasteiger partial charge in [-0.05, 0) is 18.4 Å². The average Bonchev–Trinajstić information content (AvgIpc) is 2.88. The quantitative estimate of drug-likeness (QED) is 0.543. The van der Waals surface area contributed by atoms with Crippen LogP contribution >= 0.6 is 0 Å². The SMILES string of the molecule is C[C@H](OC(=O)NCCC(F)(F)C(F)(F)F)C(=O)N=c1c(=O)n(C)c2ccccc2c2ccccc12. The number of halogens is 5. The number of rotatable bonds is 5. The smallest absolute Gasteiger partial charge is 0.436 e. The van der Waals surface area contributed by atoms with E-state index in [0.717, 1.165) is 12.3 Å². The number of carbonyl (C=O) groups is 2. The fourth-order valence-corrected chi connectivity index (χ4v) is 3.33. The Hall–Kier alpha value is -3.83. The van der Waals surface area contributed by atoms with Gasteiger partial charge in [-0.15, -0.1) is 0 Å². The third-order valence-corrected chi connectivity index (χ3v) is 5.22. The molecule has 2 aromatic carbocycles. The molecule has 3 aromatic rings. The predicted molar refractivity (Wildman–Crippen MR) is 117 cm³/mol. The van der Waals surface area contributed by atoms with Gasteiger partial charge in [0.25, 0.3) is 11.5 Å². The van der Waals surface area contributed by atoms with Crippen LogP contribution in [0, 0.1) is 0 Å². The number of alkyl carbamates (subject to hydrolysis) is 1. The number of benzene rings is 2. The van der Waals surface area contributed by atoms with E-state index < -0.39 is 48.7 Å². The maximum Gasteiger partial charge on any atom is 0.453 e. The summed E-state index contributed by atoms with van der Waals surface area (Å²) < 4.78 is 68.5. The molecular formula is C23H20F5N3O4. The van der Waals surface area contributed by atoms with Crippen LogP contribution in [0.5, 0.6) is 0 Å². The minimum Gasteiger partial charge on any atom is -0.436 e. The molecular weight excluding hydrogens is 477 g/mol. The first-order valence-corrected chi connectivity index (χ1v) is 10.3. The number of aryl methyl sites for hydroxylation is 1. The lowest BCUT2D eigenvalue weighted by atomic mass is 10.1. The molecule has 1 atom stereocenters. The normalized spacial score (nSPS) is 13.6. The second-order valence-electron chi connectivity index (χ2n) is 7.65. The summed E-state index contributed by atoms with van der Waals surface area (Å²) >= 11 is 0. The largest absolute Gasteiger partial charge is 0.453 e. The van der Waals surface area contributed by atoms with Gasteiger partial charge in [-0.3, -0.25) is 9.59 Å². The number of fused-ring (bicyclic) bond motifs is 3. The van der Waals surface area contributed by atoms with Crippen molar-refractivity contribution in [2.75, 3.05) is 6.54 Å². The number of hydrogen-bond donors (Lipinski definition) is 1. The summed E-state index contributed by atoms with van der Waals surface area (Å²) in [5.74, 6) is -6.02. The van der Waals surface area contributed by atoms with Gasteiger partial charge in [0.2, 0.25) is 0 Å². The highest BCUT2D eigenvalue weighted by Gasteiger charge is 2.56. The topological polar surface area (TPSA) is 89.8 Å². The van der Waals surface area contributed by atoms with Gasteiger partial charge >= 0.3 is 18.2 Å². The Balaban J connectivity index is 1.88. The molecule has 0 aliphatic carbocycles. The number of hydrogen-bond acceptors (Lipinski definition) is 4. The Bertz CT molecular complexity index is 1420. The fraction of sp³-hybridized carbons (Fsp3) is 0.304. The van der Waals surface area contributed by atoms with Gasteiger partial charge in [0.15, 0.2) is 6.10 Å². The molecule has 3 rings (SSSR count). The summed E-state index contributed by atoms with van der Waals surface area (Å²) in [4.78, 5) is 41.4. The highest BCUT2D eigenvalue weighted by atomic mass is 19.4. The summed E-state index contributed by atoms with van der Waals surface area (Å²) in [6, 6.07) is 13.8. The van der Waals surface area contributed by atoms with E-state index in [1.165, 1.54) is 11.6 Å². The Morgan fingerprint density at radius 2 is 1.57 bits per heavy atom. The Labute approximate surface area is 194 Å². The molecule has 0 radical (unpaired) electrons. The standard InChI is InChI=1S/C23H20F5N3O4/c1-13(35-21(34)29-12-11-22(24,25)23(26,27)28)19(32)30-18-16-9-4-3-7-14(16)15-8-5-6-10-17(15)31(2)20(18)33/h3-10,13H,11-12H2,1-2H3,(H,29,34)/t13-/m0/s1. The maximum absolute atomic E-state index is 13.1. The third kappa shape index (κ3) is 5.47. The summed E-state index contributed by atoms with van der Waals surface area (Å²) in [6.07, 6.45) is -10.4. The first kappa shape index (κ1) is 25.8. The second kappa shape index (κ2) is 9.80. The van der Waals surface area contributed by atoms with Crippen LogP contribution in [0.3, 0.4) is 0 Å². The molecule has 0 saturated heterocycles. The van der Waals surface area contributed by atoms with Gasteiger partial charge in [0, 0.05) is 30.8 Å². The van der Waals surface area contributed by atoms with Crippen molar-refractivity contribution in [1.29, 1.82) is 0 Å². The van der Waals surface area contributed by atoms with Crippen molar-refractivity contribution in [3.63, 3.8) is 0 Å². The van der Waals surface area contributed by atoms with E-state index in [1.54, 1.807) is 53.8 Å². The van der Waals surface area contributed by atoms with Gasteiger partial charge < -0.3 is 14.6 Å². The van der Waals surface area contributed by atoms with E-state index in [0.29, 0.717) is 16.3 Å². The molecule has 1 aromatic heterocycles. The molecule has 12 heteroatoms. The number of alkyl halides is 5. The summed E-state index contributed by atoms with van der Waals surface area (Å²) in [5, 5.41) is 3.28. The van der Waals surface area contributed by atoms with Crippen LogP contribution in [0.15, 0.2) is 58.3 Å². The van der Waals surface area contributed by atoms with Crippen molar-refractivity contribution in [3.8, 4) is 0 Å². The highest BCUT2D eigenvalue weighted by molar-refractivity contribution is 6.04. The van der Waals surface area contributed by atoms with Crippen LogP contribution in [0.2, 0.25) is 0 Å². The number of amides is 2. The molecule has 0 fully saturated rings. The maximum atomic E-state index is 13.1. The lowest BCUT2D eigenvalue weighted by Gasteiger charge is -2.19. The van der Waals surface area contributed by atoms with Crippen LogP contribution in [-0.2, 0) is 16.6 Å². The Morgan fingerprint density at radius 3 is 2.20 bits per heavy atom. The van der Waals surface area contributed by atoms with Gasteiger partial charge in [-0.25, -0.2) is 9.79 Å². The monoisotopic (exact) mass is 497 g/mol. The summed E-state index contributed by atoms with van der Waals surface area (Å²) in [6.45, 7) is 0.0809. The van der Waals surface area contributed by atoms with Crippen LogP contribution in [-0.4, -0.2) is 41.3 Å². The van der Waals surface area contributed by atoms with E-state index in [4.69, 9.17) is 4.74 Å². The number of para-hydroxylation sites is 1. The van der Waals surface area contributed by atoms with Crippen LogP contribution in [0.4, 0.5) is 26.7 Å². The van der Waals surface area contributed by atoms with E-state index in [1.807, 2.05) is 0 Å². The lowest BCUT2D eigenvalue weighted by Crippen LogP contribution is -2.41. The molecule has 0 spiro atoms. The Kier molecular flexibility index (Phi) is 7.22. The first-order chi connectivity index (χ1) is 16.3. The van der Waals surface area contributed by atoms with E-state index in [-0.39, 0.29) is 5.36 Å². The number of nitrogens with one attached hydrogen (secondary N) is 1. The highest BCUT2D eigenvalue weighted by Crippen LogP contribution is 2.37. The van der Waals surface area contributed by atoms with Crippen molar-refractivity contribution < 1.29 is 36.3 Å². The molecule has 0 bridgehead atoms. The Morgan fingerprint density at radius 1 is 1.00 bits per heavy atom. The number of nitrogens with zero attached hydrogens (tertiary/aromatic N) is 2. The van der Waals surface area contributed by atoms with Crippen molar-refractivity contribution in [3.05, 3.63) is 64.2 Å². The van der Waals surface area contributed by atoms with E-state index in [9.17, 15) is 36.3 Å². The van der Waals surface area contributed by atoms with Crippen LogP contribution in [0.25, 0.3) is 21.7 Å². The van der Waals surface area contributed by atoms with Crippen LogP contribution < -0.4 is 16.2 Å². The van der Waals surface area contributed by atoms with Gasteiger partial charge in [-0.2, -0.15) is 22.0 Å². The van der Waals surface area contributed by atoms with Crippen LogP contribution in [0.1, 0.15) is 13.3 Å².